The SMILES string of the molecule is CCc1ccccc1Oc1ccc([C@H](C)O)cn1. The Morgan fingerprint density at radius 1 is 1.22 bits per heavy atom. The standard InChI is InChI=1S/C15H17NO2/c1-3-12-6-4-5-7-14(12)18-15-9-8-13(10-16-15)11(2)17/h4-11,17H,3H2,1-2H3/t11-/m0/s1. The van der Waals surface area contributed by atoms with Crippen molar-refractivity contribution in [3.8, 4) is 11.6 Å². The third-order valence-corrected chi connectivity index (χ3v) is 2.81. The first-order chi connectivity index (χ1) is 8.70. The van der Waals surface area contributed by atoms with Crippen molar-refractivity contribution in [2.24, 2.45) is 0 Å². The predicted molar refractivity (Wildman–Crippen MR) is 70.8 cm³/mol. The van der Waals surface area contributed by atoms with Crippen LogP contribution in [0.1, 0.15) is 31.1 Å². The number of ether oxygens (including phenoxy) is 1. The van der Waals surface area contributed by atoms with Crippen LogP contribution in [0.5, 0.6) is 11.6 Å². The van der Waals surface area contributed by atoms with Gasteiger partial charge in [0.15, 0.2) is 0 Å². The molecule has 0 bridgehead atoms. The summed E-state index contributed by atoms with van der Waals surface area (Å²) in [6, 6.07) is 11.5. The molecule has 1 heterocycles. The van der Waals surface area contributed by atoms with Crippen LogP contribution >= 0.6 is 0 Å². The molecule has 0 unspecified atom stereocenters. The normalized spacial score (nSPS) is 12.2. The van der Waals surface area contributed by atoms with Gasteiger partial charge < -0.3 is 9.84 Å². The maximum absolute atomic E-state index is 9.41. The Kier molecular flexibility index (Phi) is 3.95. The zero-order chi connectivity index (χ0) is 13.0. The van der Waals surface area contributed by atoms with Crippen molar-refractivity contribution in [2.75, 3.05) is 0 Å². The molecular weight excluding hydrogens is 226 g/mol. The van der Waals surface area contributed by atoms with E-state index in [1.807, 2.05) is 30.3 Å². The van der Waals surface area contributed by atoms with Gasteiger partial charge in [0.05, 0.1) is 6.10 Å². The van der Waals surface area contributed by atoms with Crippen LogP contribution in [0.4, 0.5) is 0 Å². The second-order valence-corrected chi connectivity index (χ2v) is 4.17. The summed E-state index contributed by atoms with van der Waals surface area (Å²) < 4.78 is 5.74. The Hall–Kier alpha value is -1.87. The summed E-state index contributed by atoms with van der Waals surface area (Å²) in [6.45, 7) is 3.80. The molecule has 3 nitrogen and oxygen atoms in total. The number of aliphatic hydroxyl groups excluding tert-OH is 1. The molecule has 18 heavy (non-hydrogen) atoms. The Morgan fingerprint density at radius 3 is 2.61 bits per heavy atom. The van der Waals surface area contributed by atoms with Gasteiger partial charge in [0.1, 0.15) is 5.75 Å². The van der Waals surface area contributed by atoms with E-state index in [0.29, 0.717) is 5.88 Å². The lowest BCUT2D eigenvalue weighted by atomic mass is 10.1. The van der Waals surface area contributed by atoms with Crippen molar-refractivity contribution in [2.45, 2.75) is 26.4 Å². The van der Waals surface area contributed by atoms with Crippen LogP contribution in [0.25, 0.3) is 0 Å². The molecule has 1 atom stereocenters. The topological polar surface area (TPSA) is 42.4 Å². The second kappa shape index (κ2) is 5.65. The molecule has 1 aromatic heterocycles. The molecule has 1 aromatic carbocycles. The Morgan fingerprint density at radius 2 is 2.00 bits per heavy atom. The lowest BCUT2D eigenvalue weighted by Crippen LogP contribution is -1.95. The zero-order valence-corrected chi connectivity index (χ0v) is 10.6. The summed E-state index contributed by atoms with van der Waals surface area (Å²) in [4.78, 5) is 4.19. The average Bonchev–Trinajstić information content (AvgIpc) is 2.40. The van der Waals surface area contributed by atoms with Gasteiger partial charge in [-0.1, -0.05) is 25.1 Å². The smallest absolute Gasteiger partial charge is 0.219 e. The number of nitrogens with zero attached hydrogens (tertiary/aromatic N) is 1. The van der Waals surface area contributed by atoms with E-state index in [1.165, 1.54) is 0 Å². The van der Waals surface area contributed by atoms with E-state index in [4.69, 9.17) is 4.74 Å². The molecule has 0 aliphatic heterocycles. The molecule has 0 saturated carbocycles. The highest BCUT2D eigenvalue weighted by molar-refractivity contribution is 5.36. The average molecular weight is 243 g/mol. The van der Waals surface area contributed by atoms with Crippen LogP contribution in [0.2, 0.25) is 0 Å². The lowest BCUT2D eigenvalue weighted by molar-refractivity contribution is 0.198. The van der Waals surface area contributed by atoms with Gasteiger partial charge in [0.2, 0.25) is 5.88 Å². The fourth-order valence-electron chi connectivity index (χ4n) is 1.71. The molecule has 0 spiro atoms. The summed E-state index contributed by atoms with van der Waals surface area (Å²) in [7, 11) is 0. The molecule has 0 fully saturated rings. The highest BCUT2D eigenvalue weighted by Gasteiger charge is 2.05. The molecule has 0 amide bonds. The summed E-state index contributed by atoms with van der Waals surface area (Å²) in [5.74, 6) is 1.37. The van der Waals surface area contributed by atoms with Gasteiger partial charge >= 0.3 is 0 Å². The van der Waals surface area contributed by atoms with E-state index in [9.17, 15) is 5.11 Å². The summed E-state index contributed by atoms with van der Waals surface area (Å²) in [5.41, 5.74) is 1.94. The van der Waals surface area contributed by atoms with Gasteiger partial charge in [-0.25, -0.2) is 4.98 Å². The first kappa shape index (κ1) is 12.6. The third-order valence-electron chi connectivity index (χ3n) is 2.81. The fraction of sp³-hybridized carbons (Fsp3) is 0.267. The van der Waals surface area contributed by atoms with Gasteiger partial charge in [-0.05, 0) is 36.6 Å². The first-order valence-corrected chi connectivity index (χ1v) is 6.10. The van der Waals surface area contributed by atoms with E-state index < -0.39 is 6.10 Å². The van der Waals surface area contributed by atoms with Crippen molar-refractivity contribution in [3.05, 3.63) is 53.7 Å². The van der Waals surface area contributed by atoms with Gasteiger partial charge in [-0.3, -0.25) is 0 Å². The van der Waals surface area contributed by atoms with E-state index >= 15 is 0 Å². The lowest BCUT2D eigenvalue weighted by Gasteiger charge is -2.10. The molecule has 0 aliphatic carbocycles. The van der Waals surface area contributed by atoms with Crippen molar-refractivity contribution in [3.63, 3.8) is 0 Å². The summed E-state index contributed by atoms with van der Waals surface area (Å²) in [6.07, 6.45) is 2.05. The highest BCUT2D eigenvalue weighted by atomic mass is 16.5. The van der Waals surface area contributed by atoms with Gasteiger partial charge in [0, 0.05) is 12.3 Å². The van der Waals surface area contributed by atoms with E-state index in [0.717, 1.165) is 23.3 Å². The quantitative estimate of drug-likeness (QED) is 0.893. The minimum Gasteiger partial charge on any atom is -0.439 e. The van der Waals surface area contributed by atoms with Gasteiger partial charge in [-0.15, -0.1) is 0 Å². The third kappa shape index (κ3) is 2.87. The molecule has 2 rings (SSSR count). The van der Waals surface area contributed by atoms with Crippen LogP contribution in [-0.4, -0.2) is 10.1 Å². The zero-order valence-electron chi connectivity index (χ0n) is 10.6. The number of aryl methyl sites for hydroxylation is 1. The predicted octanol–water partition coefficient (Wildman–Crippen LogP) is 3.49. The summed E-state index contributed by atoms with van der Waals surface area (Å²) in [5, 5.41) is 9.41. The molecule has 94 valence electrons. The number of hydrogen-bond acceptors (Lipinski definition) is 3. The molecule has 0 aliphatic rings. The maximum Gasteiger partial charge on any atom is 0.219 e. The number of rotatable bonds is 4. The number of hydrogen-bond donors (Lipinski definition) is 1. The van der Waals surface area contributed by atoms with Crippen molar-refractivity contribution in [1.82, 2.24) is 4.98 Å². The highest BCUT2D eigenvalue weighted by Crippen LogP contribution is 2.24. The number of pyridine rings is 1. The largest absolute Gasteiger partial charge is 0.439 e. The summed E-state index contributed by atoms with van der Waals surface area (Å²) >= 11 is 0. The van der Waals surface area contributed by atoms with Crippen LogP contribution in [0.15, 0.2) is 42.6 Å². The Labute approximate surface area is 107 Å². The van der Waals surface area contributed by atoms with Crippen LogP contribution in [0, 0.1) is 0 Å². The first-order valence-electron chi connectivity index (χ1n) is 6.10. The monoisotopic (exact) mass is 243 g/mol. The Bertz CT molecular complexity index is 506. The molecule has 1 N–H and O–H groups in total. The van der Waals surface area contributed by atoms with Crippen molar-refractivity contribution in [1.29, 1.82) is 0 Å². The molecular formula is C15H17NO2. The molecule has 2 aromatic rings. The van der Waals surface area contributed by atoms with Gasteiger partial charge in [0.25, 0.3) is 0 Å². The van der Waals surface area contributed by atoms with Crippen LogP contribution in [0.3, 0.4) is 0 Å². The van der Waals surface area contributed by atoms with Gasteiger partial charge in [-0.2, -0.15) is 0 Å². The maximum atomic E-state index is 9.41. The Balaban J connectivity index is 2.18. The number of benzene rings is 1. The fourth-order valence-corrected chi connectivity index (χ4v) is 1.71. The van der Waals surface area contributed by atoms with E-state index in [2.05, 4.69) is 11.9 Å². The molecule has 0 saturated heterocycles. The second-order valence-electron chi connectivity index (χ2n) is 4.17. The van der Waals surface area contributed by atoms with Crippen molar-refractivity contribution < 1.29 is 9.84 Å². The van der Waals surface area contributed by atoms with Crippen LogP contribution < -0.4 is 4.74 Å². The van der Waals surface area contributed by atoms with E-state index in [-0.39, 0.29) is 0 Å². The van der Waals surface area contributed by atoms with Crippen molar-refractivity contribution >= 4 is 0 Å². The minimum absolute atomic E-state index is 0.505. The van der Waals surface area contributed by atoms with E-state index in [1.54, 1.807) is 19.2 Å². The molecule has 3 heteroatoms. The number of aromatic nitrogens is 1. The number of aliphatic hydroxyl groups is 1. The molecule has 0 radical (unpaired) electrons. The minimum atomic E-state index is -0.505. The van der Waals surface area contributed by atoms with Crippen LogP contribution in [-0.2, 0) is 6.42 Å². The number of para-hydroxylation sites is 1.